The van der Waals surface area contributed by atoms with Crippen molar-refractivity contribution >= 4 is 0 Å². The van der Waals surface area contributed by atoms with E-state index in [2.05, 4.69) is 17.1 Å². The average molecular weight is 226 g/mol. The predicted octanol–water partition coefficient (Wildman–Crippen LogP) is 1.49. The summed E-state index contributed by atoms with van der Waals surface area (Å²) in [5, 5.41) is 3.47. The minimum Gasteiger partial charge on any atom is -0.377 e. The van der Waals surface area contributed by atoms with Crippen LogP contribution in [0.2, 0.25) is 0 Å². The van der Waals surface area contributed by atoms with Crippen molar-refractivity contribution in [1.29, 1.82) is 0 Å². The Bertz CT molecular complexity index is 192. The van der Waals surface area contributed by atoms with Crippen LogP contribution in [0, 0.1) is 5.92 Å². The molecule has 2 unspecified atom stereocenters. The van der Waals surface area contributed by atoms with Gasteiger partial charge in [0, 0.05) is 19.7 Å². The first kappa shape index (κ1) is 12.3. The van der Waals surface area contributed by atoms with Gasteiger partial charge in [-0.15, -0.1) is 0 Å². The molecule has 0 amide bonds. The lowest BCUT2D eigenvalue weighted by Gasteiger charge is -2.34. The van der Waals surface area contributed by atoms with E-state index in [-0.39, 0.29) is 0 Å². The first-order valence-electron chi connectivity index (χ1n) is 6.93. The van der Waals surface area contributed by atoms with Gasteiger partial charge in [-0.3, -0.25) is 0 Å². The number of hydrogen-bond donors (Lipinski definition) is 1. The summed E-state index contributed by atoms with van der Waals surface area (Å²) in [5.41, 5.74) is 0. The molecule has 3 heteroatoms. The van der Waals surface area contributed by atoms with Crippen molar-refractivity contribution in [1.82, 2.24) is 10.2 Å². The summed E-state index contributed by atoms with van der Waals surface area (Å²) in [6.45, 7) is 9.19. The van der Waals surface area contributed by atoms with Gasteiger partial charge in [-0.2, -0.15) is 0 Å². The maximum absolute atomic E-state index is 5.71. The monoisotopic (exact) mass is 226 g/mol. The Hall–Kier alpha value is -0.120. The molecule has 0 spiro atoms. The fraction of sp³-hybridized carbons (Fsp3) is 1.00. The molecule has 2 atom stereocenters. The van der Waals surface area contributed by atoms with Crippen LogP contribution in [-0.2, 0) is 4.74 Å². The average Bonchev–Trinajstić information content (AvgIpc) is 2.80. The van der Waals surface area contributed by atoms with E-state index >= 15 is 0 Å². The van der Waals surface area contributed by atoms with Gasteiger partial charge in [0.15, 0.2) is 0 Å². The summed E-state index contributed by atoms with van der Waals surface area (Å²) in [6.07, 6.45) is 5.82. The van der Waals surface area contributed by atoms with Crippen LogP contribution < -0.4 is 5.32 Å². The Kier molecular flexibility index (Phi) is 5.07. The quantitative estimate of drug-likeness (QED) is 0.768. The van der Waals surface area contributed by atoms with E-state index < -0.39 is 0 Å². The highest BCUT2D eigenvalue weighted by atomic mass is 16.5. The first-order chi connectivity index (χ1) is 7.88. The molecule has 2 heterocycles. The molecule has 2 aliphatic heterocycles. The second-order valence-corrected chi connectivity index (χ2v) is 5.21. The number of hydrogen-bond acceptors (Lipinski definition) is 3. The highest BCUT2D eigenvalue weighted by Crippen LogP contribution is 2.19. The molecular formula is C13H26N2O. The summed E-state index contributed by atoms with van der Waals surface area (Å²) < 4.78 is 5.71. The molecule has 94 valence electrons. The fourth-order valence-electron chi connectivity index (χ4n) is 2.91. The van der Waals surface area contributed by atoms with E-state index in [0.717, 1.165) is 19.1 Å². The molecule has 0 aromatic rings. The Morgan fingerprint density at radius 1 is 1.31 bits per heavy atom. The molecule has 2 fully saturated rings. The van der Waals surface area contributed by atoms with Gasteiger partial charge in [-0.1, -0.05) is 6.92 Å². The molecular weight excluding hydrogens is 200 g/mol. The number of likely N-dealkylation sites (tertiary alicyclic amines) is 1. The lowest BCUT2D eigenvalue weighted by atomic mass is 9.97. The van der Waals surface area contributed by atoms with Crippen molar-refractivity contribution in [3.63, 3.8) is 0 Å². The van der Waals surface area contributed by atoms with E-state index in [1.807, 2.05) is 0 Å². The van der Waals surface area contributed by atoms with Gasteiger partial charge >= 0.3 is 0 Å². The van der Waals surface area contributed by atoms with Gasteiger partial charge < -0.3 is 15.0 Å². The molecule has 0 bridgehead atoms. The highest BCUT2D eigenvalue weighted by Gasteiger charge is 2.24. The van der Waals surface area contributed by atoms with Gasteiger partial charge in [0.1, 0.15) is 0 Å². The number of nitrogens with one attached hydrogen (secondary N) is 1. The molecule has 0 radical (unpaired) electrons. The van der Waals surface area contributed by atoms with Crippen molar-refractivity contribution in [2.24, 2.45) is 5.92 Å². The van der Waals surface area contributed by atoms with Crippen LogP contribution in [0.5, 0.6) is 0 Å². The van der Waals surface area contributed by atoms with Crippen molar-refractivity contribution in [2.45, 2.75) is 38.7 Å². The number of piperidine rings is 1. The van der Waals surface area contributed by atoms with Crippen LogP contribution in [0.4, 0.5) is 0 Å². The maximum atomic E-state index is 5.71. The third kappa shape index (κ3) is 3.72. The van der Waals surface area contributed by atoms with Crippen LogP contribution >= 0.6 is 0 Å². The van der Waals surface area contributed by atoms with E-state index in [1.54, 1.807) is 0 Å². The van der Waals surface area contributed by atoms with Crippen LogP contribution in [0.3, 0.4) is 0 Å². The molecule has 3 nitrogen and oxygen atoms in total. The molecule has 16 heavy (non-hydrogen) atoms. The topological polar surface area (TPSA) is 24.5 Å². The van der Waals surface area contributed by atoms with E-state index in [0.29, 0.717) is 6.10 Å². The zero-order valence-electron chi connectivity index (χ0n) is 10.6. The van der Waals surface area contributed by atoms with Gasteiger partial charge in [0.25, 0.3) is 0 Å². The minimum absolute atomic E-state index is 0.526. The van der Waals surface area contributed by atoms with E-state index in [1.165, 1.54) is 51.9 Å². The second-order valence-electron chi connectivity index (χ2n) is 5.21. The molecule has 2 aliphatic rings. The van der Waals surface area contributed by atoms with Crippen LogP contribution in [0.15, 0.2) is 0 Å². The second kappa shape index (κ2) is 6.58. The minimum atomic E-state index is 0.526. The van der Waals surface area contributed by atoms with Gasteiger partial charge in [0.2, 0.25) is 0 Å². The highest BCUT2D eigenvalue weighted by molar-refractivity contribution is 4.78. The maximum Gasteiger partial charge on any atom is 0.0702 e. The van der Waals surface area contributed by atoms with Crippen LogP contribution in [0.25, 0.3) is 0 Å². The number of nitrogens with zero attached hydrogens (tertiary/aromatic N) is 1. The fourth-order valence-corrected chi connectivity index (χ4v) is 2.91. The standard InChI is InChI=1S/C13H26N2O/c1-2-14-9-12-5-3-7-15(10-12)11-13-6-4-8-16-13/h12-14H,2-11H2,1H3. The van der Waals surface area contributed by atoms with E-state index in [4.69, 9.17) is 4.74 Å². The van der Waals surface area contributed by atoms with Gasteiger partial charge in [0.05, 0.1) is 6.10 Å². The summed E-state index contributed by atoms with van der Waals surface area (Å²) in [5.74, 6) is 0.857. The number of rotatable bonds is 5. The van der Waals surface area contributed by atoms with Crippen molar-refractivity contribution < 1.29 is 4.74 Å². The van der Waals surface area contributed by atoms with Crippen molar-refractivity contribution in [3.8, 4) is 0 Å². The number of ether oxygens (including phenoxy) is 1. The third-order valence-corrected chi connectivity index (χ3v) is 3.77. The first-order valence-corrected chi connectivity index (χ1v) is 6.93. The molecule has 2 rings (SSSR count). The largest absolute Gasteiger partial charge is 0.377 e. The molecule has 0 aromatic heterocycles. The van der Waals surface area contributed by atoms with Crippen LogP contribution in [-0.4, -0.2) is 50.3 Å². The Balaban J connectivity index is 1.68. The third-order valence-electron chi connectivity index (χ3n) is 3.77. The van der Waals surface area contributed by atoms with Crippen molar-refractivity contribution in [2.75, 3.05) is 39.3 Å². The zero-order valence-corrected chi connectivity index (χ0v) is 10.6. The normalized spacial score (nSPS) is 32.1. The van der Waals surface area contributed by atoms with Gasteiger partial charge in [-0.25, -0.2) is 0 Å². The molecule has 0 aliphatic carbocycles. The summed E-state index contributed by atoms with van der Waals surface area (Å²) >= 11 is 0. The molecule has 2 saturated heterocycles. The zero-order chi connectivity index (χ0) is 11.2. The molecule has 0 aromatic carbocycles. The SMILES string of the molecule is CCNCC1CCCN(CC2CCCO2)C1. The van der Waals surface area contributed by atoms with Crippen molar-refractivity contribution in [3.05, 3.63) is 0 Å². The van der Waals surface area contributed by atoms with Gasteiger partial charge in [-0.05, 0) is 51.2 Å². The summed E-state index contributed by atoms with van der Waals surface area (Å²) in [6, 6.07) is 0. The Labute approximate surface area is 99.5 Å². The summed E-state index contributed by atoms with van der Waals surface area (Å²) in [7, 11) is 0. The smallest absolute Gasteiger partial charge is 0.0702 e. The predicted molar refractivity (Wildman–Crippen MR) is 66.7 cm³/mol. The Morgan fingerprint density at radius 3 is 3.00 bits per heavy atom. The Morgan fingerprint density at radius 2 is 2.25 bits per heavy atom. The molecule has 1 N–H and O–H groups in total. The summed E-state index contributed by atoms with van der Waals surface area (Å²) in [4.78, 5) is 2.61. The molecule has 0 saturated carbocycles. The van der Waals surface area contributed by atoms with Crippen LogP contribution in [0.1, 0.15) is 32.6 Å². The lowest BCUT2D eigenvalue weighted by Crippen LogP contribution is -2.42. The van der Waals surface area contributed by atoms with E-state index in [9.17, 15) is 0 Å². The lowest BCUT2D eigenvalue weighted by molar-refractivity contribution is 0.0567.